The van der Waals surface area contributed by atoms with Crippen molar-refractivity contribution < 1.29 is 22.0 Å². The Bertz CT molecular complexity index is 749. The molecule has 0 aromatic heterocycles. The summed E-state index contributed by atoms with van der Waals surface area (Å²) in [6.07, 6.45) is 1.56. The summed E-state index contributed by atoms with van der Waals surface area (Å²) in [7, 11) is -4.50. The second-order valence-electron chi connectivity index (χ2n) is 6.80. The normalized spacial score (nSPS) is 22.2. The summed E-state index contributed by atoms with van der Waals surface area (Å²) in [6, 6.07) is 7.71. The van der Waals surface area contributed by atoms with Crippen LogP contribution in [0.4, 0.5) is 8.78 Å². The zero-order valence-electron chi connectivity index (χ0n) is 14.3. The van der Waals surface area contributed by atoms with Gasteiger partial charge in [-0.3, -0.25) is 4.79 Å². The molecule has 2 aliphatic rings. The number of halogens is 2. The monoisotopic (exact) mass is 387 g/mol. The fourth-order valence-corrected chi connectivity index (χ4v) is 4.43. The molecule has 1 atom stereocenters. The maximum Gasteiger partial charge on any atom is 0.350 e. The van der Waals surface area contributed by atoms with E-state index in [1.807, 2.05) is 24.3 Å². The van der Waals surface area contributed by atoms with E-state index in [2.05, 4.69) is 10.6 Å². The molecule has 2 aliphatic heterocycles. The molecule has 26 heavy (non-hydrogen) atoms. The predicted octanol–water partition coefficient (Wildman–Crippen LogP) is 1.08. The summed E-state index contributed by atoms with van der Waals surface area (Å²) < 4.78 is 48.9. The topological polar surface area (TPSA) is 78.5 Å². The molecule has 144 valence electrons. The molecule has 0 radical (unpaired) electrons. The van der Waals surface area contributed by atoms with Crippen LogP contribution in [0.3, 0.4) is 0 Å². The first-order valence-corrected chi connectivity index (χ1v) is 10.2. The van der Waals surface area contributed by atoms with Gasteiger partial charge < -0.3 is 10.6 Å². The summed E-state index contributed by atoms with van der Waals surface area (Å²) >= 11 is 0. The summed E-state index contributed by atoms with van der Waals surface area (Å²) in [4.78, 5) is 12.4. The second kappa shape index (κ2) is 7.98. The van der Waals surface area contributed by atoms with Gasteiger partial charge >= 0.3 is 5.76 Å². The quantitative estimate of drug-likeness (QED) is 0.793. The van der Waals surface area contributed by atoms with Crippen LogP contribution >= 0.6 is 0 Å². The van der Waals surface area contributed by atoms with Gasteiger partial charge in [-0.25, -0.2) is 8.42 Å². The van der Waals surface area contributed by atoms with E-state index < -0.39 is 15.8 Å². The number of benzene rings is 1. The minimum Gasteiger partial charge on any atom is -0.354 e. The fourth-order valence-electron chi connectivity index (χ4n) is 3.49. The molecule has 1 amide bonds. The van der Waals surface area contributed by atoms with Crippen molar-refractivity contribution in [3.8, 4) is 0 Å². The summed E-state index contributed by atoms with van der Waals surface area (Å²) in [5, 5.41) is 6.13. The zero-order chi connectivity index (χ0) is 18.7. The van der Waals surface area contributed by atoms with E-state index in [4.69, 9.17) is 0 Å². The van der Waals surface area contributed by atoms with Crippen molar-refractivity contribution in [3.05, 3.63) is 35.4 Å². The van der Waals surface area contributed by atoms with Crippen LogP contribution in [0.2, 0.25) is 0 Å². The lowest BCUT2D eigenvalue weighted by atomic mass is 9.95. The van der Waals surface area contributed by atoms with Gasteiger partial charge in [0, 0.05) is 26.2 Å². The third-order valence-electron chi connectivity index (χ3n) is 5.12. The highest BCUT2D eigenvalue weighted by molar-refractivity contribution is 7.89. The molecule has 2 heterocycles. The molecular weight excluding hydrogens is 364 g/mol. The number of fused-ring (bicyclic) bond motifs is 1. The van der Waals surface area contributed by atoms with Gasteiger partial charge in [-0.15, -0.1) is 0 Å². The number of carbonyl (C=O) groups is 1. The lowest BCUT2D eigenvalue weighted by molar-refractivity contribution is -0.123. The zero-order valence-corrected chi connectivity index (χ0v) is 15.1. The van der Waals surface area contributed by atoms with E-state index >= 15 is 0 Å². The van der Waals surface area contributed by atoms with Gasteiger partial charge in [0.1, 0.15) is 0 Å². The molecule has 0 bridgehead atoms. The van der Waals surface area contributed by atoms with Gasteiger partial charge in [-0.2, -0.15) is 13.1 Å². The number of hydrogen-bond donors (Lipinski definition) is 2. The van der Waals surface area contributed by atoms with Crippen molar-refractivity contribution in [2.45, 2.75) is 37.6 Å². The van der Waals surface area contributed by atoms with Gasteiger partial charge in [0.05, 0.1) is 6.04 Å². The molecule has 2 N–H and O–H groups in total. The molecule has 1 fully saturated rings. The number of nitrogens with one attached hydrogen (secondary N) is 2. The lowest BCUT2D eigenvalue weighted by Gasteiger charge is -2.31. The average Bonchev–Trinajstić information content (AvgIpc) is 2.66. The molecule has 1 aromatic carbocycles. The van der Waals surface area contributed by atoms with Crippen molar-refractivity contribution in [2.24, 2.45) is 5.92 Å². The van der Waals surface area contributed by atoms with E-state index in [9.17, 15) is 22.0 Å². The van der Waals surface area contributed by atoms with Crippen molar-refractivity contribution in [1.82, 2.24) is 14.9 Å². The Morgan fingerprint density at radius 1 is 1.23 bits per heavy atom. The Kier molecular flexibility index (Phi) is 5.89. The van der Waals surface area contributed by atoms with E-state index in [1.165, 1.54) is 5.56 Å². The third-order valence-corrected chi connectivity index (χ3v) is 6.66. The summed E-state index contributed by atoms with van der Waals surface area (Å²) in [5.41, 5.74) is 2.36. The standard InChI is InChI=1S/C17H23F2N3O3S/c18-17(19)26(24,25)22-7-5-12(6-8-22)10-21-16(23)15-9-13-3-1-2-4-14(13)11-20-15/h1-4,12,15,17,20H,5-11H2,(H,21,23). The number of piperidine rings is 1. The van der Waals surface area contributed by atoms with Gasteiger partial charge in [0.15, 0.2) is 0 Å². The van der Waals surface area contributed by atoms with Crippen LogP contribution in [0.5, 0.6) is 0 Å². The Balaban J connectivity index is 1.45. The van der Waals surface area contributed by atoms with Crippen LogP contribution < -0.4 is 10.6 Å². The SMILES string of the molecule is O=C(NCC1CCN(S(=O)(=O)C(F)F)CC1)C1Cc2ccccc2CN1. The molecule has 1 aromatic rings. The third kappa shape index (κ3) is 4.21. The largest absolute Gasteiger partial charge is 0.354 e. The number of carbonyl (C=O) groups excluding carboxylic acids is 1. The lowest BCUT2D eigenvalue weighted by Crippen LogP contribution is -2.49. The van der Waals surface area contributed by atoms with E-state index in [0.717, 1.165) is 9.87 Å². The Hall–Kier alpha value is -1.58. The molecule has 0 spiro atoms. The van der Waals surface area contributed by atoms with Crippen LogP contribution in [-0.4, -0.2) is 50.1 Å². The number of amides is 1. The van der Waals surface area contributed by atoms with Gasteiger partial charge in [-0.1, -0.05) is 24.3 Å². The Morgan fingerprint density at radius 2 is 1.88 bits per heavy atom. The van der Waals surface area contributed by atoms with Crippen LogP contribution in [0.15, 0.2) is 24.3 Å². The van der Waals surface area contributed by atoms with Crippen LogP contribution in [0.25, 0.3) is 0 Å². The first-order valence-electron chi connectivity index (χ1n) is 8.73. The smallest absolute Gasteiger partial charge is 0.350 e. The van der Waals surface area contributed by atoms with E-state index in [-0.39, 0.29) is 31.0 Å². The molecule has 0 saturated carbocycles. The molecule has 6 nitrogen and oxygen atoms in total. The highest BCUT2D eigenvalue weighted by Crippen LogP contribution is 2.22. The Labute approximate surface area is 152 Å². The predicted molar refractivity (Wildman–Crippen MR) is 93.0 cm³/mol. The fraction of sp³-hybridized carbons (Fsp3) is 0.588. The van der Waals surface area contributed by atoms with E-state index in [0.29, 0.717) is 32.4 Å². The Morgan fingerprint density at radius 3 is 2.54 bits per heavy atom. The molecule has 1 saturated heterocycles. The maximum atomic E-state index is 12.6. The number of rotatable bonds is 5. The van der Waals surface area contributed by atoms with Crippen molar-refractivity contribution in [3.63, 3.8) is 0 Å². The van der Waals surface area contributed by atoms with Crippen molar-refractivity contribution in [1.29, 1.82) is 0 Å². The van der Waals surface area contributed by atoms with Crippen LogP contribution in [0.1, 0.15) is 24.0 Å². The van der Waals surface area contributed by atoms with E-state index in [1.54, 1.807) is 0 Å². The number of sulfonamides is 1. The van der Waals surface area contributed by atoms with Crippen LogP contribution in [-0.2, 0) is 27.8 Å². The van der Waals surface area contributed by atoms with Gasteiger partial charge in [-0.05, 0) is 36.3 Å². The van der Waals surface area contributed by atoms with Crippen LogP contribution in [0, 0.1) is 5.92 Å². The molecular formula is C17H23F2N3O3S. The molecule has 1 unspecified atom stereocenters. The van der Waals surface area contributed by atoms with Gasteiger partial charge in [0.2, 0.25) is 5.91 Å². The highest BCUT2D eigenvalue weighted by Gasteiger charge is 2.35. The summed E-state index contributed by atoms with van der Waals surface area (Å²) in [6.45, 7) is 1.23. The number of nitrogens with zero attached hydrogens (tertiary/aromatic N) is 1. The minimum atomic E-state index is -4.50. The minimum absolute atomic E-state index is 0.0717. The molecule has 3 rings (SSSR count). The average molecular weight is 387 g/mol. The van der Waals surface area contributed by atoms with Crippen molar-refractivity contribution in [2.75, 3.05) is 19.6 Å². The van der Waals surface area contributed by atoms with Gasteiger partial charge in [0.25, 0.3) is 10.0 Å². The number of alkyl halides is 2. The second-order valence-corrected chi connectivity index (χ2v) is 8.70. The summed E-state index contributed by atoms with van der Waals surface area (Å²) in [5.74, 6) is -3.36. The maximum absolute atomic E-state index is 12.6. The first kappa shape index (κ1) is 19.2. The van der Waals surface area contributed by atoms with Crippen molar-refractivity contribution >= 4 is 15.9 Å². The highest BCUT2D eigenvalue weighted by atomic mass is 32.2. The first-order chi connectivity index (χ1) is 12.4. The molecule has 0 aliphatic carbocycles. The molecule has 9 heteroatoms. The number of hydrogen-bond acceptors (Lipinski definition) is 4.